The van der Waals surface area contributed by atoms with Gasteiger partial charge in [-0.1, -0.05) is 13.8 Å². The van der Waals surface area contributed by atoms with Gasteiger partial charge in [0.05, 0.1) is 0 Å². The minimum atomic E-state index is 0.116. The van der Waals surface area contributed by atoms with E-state index in [2.05, 4.69) is 30.7 Å². The van der Waals surface area contributed by atoms with Crippen LogP contribution in [-0.4, -0.2) is 16.3 Å². The van der Waals surface area contributed by atoms with E-state index >= 15 is 0 Å². The molecule has 0 aliphatic heterocycles. The highest BCUT2D eigenvalue weighted by atomic mass is 16.3. The van der Waals surface area contributed by atoms with Gasteiger partial charge in [0.25, 0.3) is 0 Å². The molecule has 1 rings (SSSR count). The van der Waals surface area contributed by atoms with Crippen LogP contribution in [-0.2, 0) is 6.54 Å². The third kappa shape index (κ3) is 2.86. The number of nitrogens with two attached hydrogens (primary N) is 1. The molecule has 3 N–H and O–H groups in total. The molecule has 1 heterocycles. The first kappa shape index (κ1) is 11.3. The second kappa shape index (κ2) is 5.17. The van der Waals surface area contributed by atoms with Crippen LogP contribution in [0, 0.1) is 5.92 Å². The van der Waals surface area contributed by atoms with Crippen molar-refractivity contribution in [1.29, 1.82) is 0 Å². The highest BCUT2D eigenvalue weighted by Gasteiger charge is 2.10. The highest BCUT2D eigenvalue weighted by molar-refractivity contribution is 5.15. The van der Waals surface area contributed by atoms with E-state index in [9.17, 15) is 0 Å². The van der Waals surface area contributed by atoms with Gasteiger partial charge < -0.3 is 15.4 Å². The van der Waals surface area contributed by atoms with Gasteiger partial charge in [0.2, 0.25) is 0 Å². The Labute approximate surface area is 85.5 Å². The molecule has 0 amide bonds. The number of aliphatic hydroxyl groups excluding tert-OH is 1. The quantitative estimate of drug-likeness (QED) is 0.750. The second-order valence-electron chi connectivity index (χ2n) is 4.03. The molecule has 3 nitrogen and oxygen atoms in total. The van der Waals surface area contributed by atoms with Crippen LogP contribution in [0.25, 0.3) is 0 Å². The van der Waals surface area contributed by atoms with Crippen molar-refractivity contribution in [3.63, 3.8) is 0 Å². The zero-order chi connectivity index (χ0) is 10.6. The molecule has 0 radical (unpaired) electrons. The Morgan fingerprint density at radius 2 is 2.21 bits per heavy atom. The predicted octanol–water partition coefficient (Wildman–Crippen LogP) is 1.53. The average molecular weight is 196 g/mol. The van der Waals surface area contributed by atoms with Gasteiger partial charge >= 0.3 is 0 Å². The predicted molar refractivity (Wildman–Crippen MR) is 57.9 cm³/mol. The lowest BCUT2D eigenvalue weighted by molar-refractivity contribution is 0.280. The molecule has 0 aliphatic rings. The first-order chi connectivity index (χ1) is 6.65. The first-order valence-electron chi connectivity index (χ1n) is 5.17. The van der Waals surface area contributed by atoms with Crippen LogP contribution in [0.15, 0.2) is 18.5 Å². The van der Waals surface area contributed by atoms with Crippen LogP contribution in [0.1, 0.15) is 31.9 Å². The van der Waals surface area contributed by atoms with Gasteiger partial charge in [0.15, 0.2) is 0 Å². The van der Waals surface area contributed by atoms with Gasteiger partial charge in [-0.05, 0) is 24.0 Å². The second-order valence-corrected chi connectivity index (χ2v) is 4.03. The molecule has 14 heavy (non-hydrogen) atoms. The maximum atomic E-state index is 8.69. The van der Waals surface area contributed by atoms with Gasteiger partial charge in [0, 0.05) is 31.6 Å². The summed E-state index contributed by atoms with van der Waals surface area (Å²) in [6.45, 7) is 5.34. The van der Waals surface area contributed by atoms with Crippen molar-refractivity contribution in [2.75, 3.05) is 6.61 Å². The molecular formula is C11H20N2O. The van der Waals surface area contributed by atoms with Crippen LogP contribution in [0.5, 0.6) is 0 Å². The van der Waals surface area contributed by atoms with Crippen molar-refractivity contribution in [2.24, 2.45) is 11.7 Å². The smallest absolute Gasteiger partial charge is 0.0448 e. The average Bonchev–Trinajstić information content (AvgIpc) is 2.61. The molecule has 0 aromatic carbocycles. The summed E-state index contributed by atoms with van der Waals surface area (Å²) in [6.07, 6.45) is 4.89. The van der Waals surface area contributed by atoms with E-state index in [1.807, 2.05) is 6.20 Å². The minimum absolute atomic E-state index is 0.116. The van der Waals surface area contributed by atoms with E-state index in [-0.39, 0.29) is 12.6 Å². The van der Waals surface area contributed by atoms with Crippen molar-refractivity contribution in [1.82, 2.24) is 4.57 Å². The van der Waals surface area contributed by atoms with Crippen LogP contribution in [0.2, 0.25) is 0 Å². The van der Waals surface area contributed by atoms with Crippen molar-refractivity contribution in [2.45, 2.75) is 32.9 Å². The number of aryl methyl sites for hydroxylation is 1. The van der Waals surface area contributed by atoms with E-state index in [1.54, 1.807) is 0 Å². The van der Waals surface area contributed by atoms with Crippen molar-refractivity contribution >= 4 is 0 Å². The Morgan fingerprint density at radius 3 is 2.79 bits per heavy atom. The Kier molecular flexibility index (Phi) is 4.17. The van der Waals surface area contributed by atoms with E-state index in [0.29, 0.717) is 5.92 Å². The molecule has 1 aromatic heterocycles. The van der Waals surface area contributed by atoms with Gasteiger partial charge in [0.1, 0.15) is 0 Å². The summed E-state index contributed by atoms with van der Waals surface area (Å²) >= 11 is 0. The normalized spacial score (nSPS) is 13.5. The molecule has 0 saturated heterocycles. The number of nitrogens with zero attached hydrogens (tertiary/aromatic N) is 1. The fourth-order valence-corrected chi connectivity index (χ4v) is 1.43. The van der Waals surface area contributed by atoms with Crippen LogP contribution in [0.3, 0.4) is 0 Å². The zero-order valence-corrected chi connectivity index (χ0v) is 8.98. The number of aliphatic hydroxyl groups is 1. The molecule has 0 aliphatic carbocycles. The number of hydrogen-bond acceptors (Lipinski definition) is 2. The third-order valence-corrected chi connectivity index (χ3v) is 2.45. The number of hydrogen-bond donors (Lipinski definition) is 2. The molecule has 3 heteroatoms. The summed E-state index contributed by atoms with van der Waals surface area (Å²) in [6, 6.07) is 2.17. The molecule has 1 atom stereocenters. The lowest BCUT2D eigenvalue weighted by Crippen LogP contribution is -2.15. The standard InChI is InChI=1S/C11H20N2O/c1-9(2)11(12)10-4-6-13(8-10)5-3-7-14/h4,6,8-9,11,14H,3,5,7,12H2,1-2H3. The molecule has 0 spiro atoms. The van der Waals surface area contributed by atoms with Gasteiger partial charge in [-0.3, -0.25) is 0 Å². The van der Waals surface area contributed by atoms with E-state index in [0.717, 1.165) is 13.0 Å². The number of rotatable bonds is 5. The molecule has 1 aromatic rings. The van der Waals surface area contributed by atoms with E-state index in [1.165, 1.54) is 5.56 Å². The SMILES string of the molecule is CC(C)C(N)c1ccn(CCCO)c1. The topological polar surface area (TPSA) is 51.2 Å². The van der Waals surface area contributed by atoms with E-state index in [4.69, 9.17) is 10.8 Å². The molecule has 1 unspecified atom stereocenters. The fraction of sp³-hybridized carbons (Fsp3) is 0.636. The number of aromatic nitrogens is 1. The Balaban J connectivity index is 2.58. The molecule has 80 valence electrons. The summed E-state index contributed by atoms with van der Waals surface area (Å²) in [5.41, 5.74) is 7.20. The van der Waals surface area contributed by atoms with Gasteiger partial charge in [-0.15, -0.1) is 0 Å². The monoisotopic (exact) mass is 196 g/mol. The molecule has 0 bridgehead atoms. The lowest BCUT2D eigenvalue weighted by atomic mass is 10.00. The summed E-state index contributed by atoms with van der Waals surface area (Å²) in [5.74, 6) is 0.462. The third-order valence-electron chi connectivity index (χ3n) is 2.45. The van der Waals surface area contributed by atoms with Crippen LogP contribution >= 0.6 is 0 Å². The Morgan fingerprint density at radius 1 is 1.50 bits per heavy atom. The minimum Gasteiger partial charge on any atom is -0.396 e. The van der Waals surface area contributed by atoms with Crippen LogP contribution in [0.4, 0.5) is 0 Å². The first-order valence-corrected chi connectivity index (χ1v) is 5.17. The lowest BCUT2D eigenvalue weighted by Gasteiger charge is -2.13. The molecule has 0 saturated carbocycles. The largest absolute Gasteiger partial charge is 0.396 e. The van der Waals surface area contributed by atoms with Gasteiger partial charge in [-0.25, -0.2) is 0 Å². The molecular weight excluding hydrogens is 176 g/mol. The van der Waals surface area contributed by atoms with Crippen LogP contribution < -0.4 is 5.73 Å². The van der Waals surface area contributed by atoms with Crippen molar-refractivity contribution in [3.05, 3.63) is 24.0 Å². The van der Waals surface area contributed by atoms with Gasteiger partial charge in [-0.2, -0.15) is 0 Å². The fourth-order valence-electron chi connectivity index (χ4n) is 1.43. The zero-order valence-electron chi connectivity index (χ0n) is 8.98. The maximum Gasteiger partial charge on any atom is 0.0448 e. The van der Waals surface area contributed by atoms with E-state index < -0.39 is 0 Å². The summed E-state index contributed by atoms with van der Waals surface area (Å²) in [7, 11) is 0. The maximum absolute atomic E-state index is 8.69. The highest BCUT2D eigenvalue weighted by Crippen LogP contribution is 2.18. The Bertz CT molecular complexity index is 268. The summed E-state index contributed by atoms with van der Waals surface area (Å²) < 4.78 is 2.08. The summed E-state index contributed by atoms with van der Waals surface area (Å²) in [4.78, 5) is 0. The van der Waals surface area contributed by atoms with Crippen molar-refractivity contribution in [3.8, 4) is 0 Å². The van der Waals surface area contributed by atoms with Crippen molar-refractivity contribution < 1.29 is 5.11 Å². The Hall–Kier alpha value is -0.800. The molecule has 0 fully saturated rings. The summed E-state index contributed by atoms with van der Waals surface area (Å²) in [5, 5.41) is 8.69.